The molecule has 0 aliphatic heterocycles. The molecule has 2 nitrogen and oxygen atoms in total. The van der Waals surface area contributed by atoms with Gasteiger partial charge in [0.15, 0.2) is 0 Å². The third-order valence-corrected chi connectivity index (χ3v) is 2.30. The average molecular weight is 218 g/mol. The average Bonchev–Trinajstić information content (AvgIpc) is 2.30. The first-order chi connectivity index (χ1) is 7.77. The Kier molecular flexibility index (Phi) is 5.45. The van der Waals surface area contributed by atoms with Crippen LogP contribution in [0, 0.1) is 11.8 Å². The maximum Gasteiger partial charge on any atom is 0.119 e. The minimum absolute atomic E-state index is 0.434. The quantitative estimate of drug-likeness (QED) is 0.770. The number of aliphatic hydroxyl groups is 1. The van der Waals surface area contributed by atoms with Gasteiger partial charge in [0.1, 0.15) is 5.75 Å². The molecule has 0 fully saturated rings. The normalized spacial score (nSPS) is 11.4. The van der Waals surface area contributed by atoms with E-state index in [1.165, 1.54) is 0 Å². The molecule has 1 rings (SSSR count). The molecule has 1 N–H and O–H groups in total. The van der Waals surface area contributed by atoms with Crippen molar-refractivity contribution in [3.05, 3.63) is 29.8 Å². The molecule has 0 bridgehead atoms. The van der Waals surface area contributed by atoms with Crippen molar-refractivity contribution in [3.8, 4) is 17.6 Å². The third kappa shape index (κ3) is 3.96. The summed E-state index contributed by atoms with van der Waals surface area (Å²) in [6, 6.07) is 7.56. The van der Waals surface area contributed by atoms with Crippen LogP contribution in [0.15, 0.2) is 24.3 Å². The monoisotopic (exact) mass is 218 g/mol. The molecule has 0 saturated carbocycles. The van der Waals surface area contributed by atoms with Gasteiger partial charge in [-0.2, -0.15) is 0 Å². The molecule has 0 aliphatic rings. The van der Waals surface area contributed by atoms with Gasteiger partial charge in [-0.1, -0.05) is 12.1 Å². The number of ether oxygens (including phenoxy) is 1. The second-order valence-electron chi connectivity index (χ2n) is 3.48. The Morgan fingerprint density at radius 3 is 2.56 bits per heavy atom. The Labute approximate surface area is 97.3 Å². The minimum atomic E-state index is -0.434. The summed E-state index contributed by atoms with van der Waals surface area (Å²) in [6.07, 6.45) is 0.969. The molecule has 1 unspecified atom stereocenters. The lowest BCUT2D eigenvalue weighted by Crippen LogP contribution is -1.97. The van der Waals surface area contributed by atoms with Crippen LogP contribution in [0.25, 0.3) is 0 Å². The van der Waals surface area contributed by atoms with Crippen LogP contribution in [0.4, 0.5) is 0 Å². The van der Waals surface area contributed by atoms with Crippen LogP contribution in [-0.2, 0) is 0 Å². The zero-order valence-electron chi connectivity index (χ0n) is 9.86. The van der Waals surface area contributed by atoms with Gasteiger partial charge in [-0.05, 0) is 38.0 Å². The van der Waals surface area contributed by atoms with Crippen molar-refractivity contribution in [2.45, 2.75) is 32.8 Å². The predicted octanol–water partition coefficient (Wildman–Crippen LogP) is 2.92. The van der Waals surface area contributed by atoms with Gasteiger partial charge >= 0.3 is 0 Å². The molecule has 0 amide bonds. The fraction of sp³-hybridized carbons (Fsp3) is 0.429. The molecule has 86 valence electrons. The molecule has 1 atom stereocenters. The minimum Gasteiger partial charge on any atom is -0.494 e. The van der Waals surface area contributed by atoms with E-state index in [1.807, 2.05) is 38.1 Å². The topological polar surface area (TPSA) is 29.5 Å². The van der Waals surface area contributed by atoms with Gasteiger partial charge < -0.3 is 9.84 Å². The lowest BCUT2D eigenvalue weighted by Gasteiger charge is -2.10. The van der Waals surface area contributed by atoms with Crippen molar-refractivity contribution in [2.75, 3.05) is 6.61 Å². The van der Waals surface area contributed by atoms with E-state index in [9.17, 15) is 5.11 Å². The van der Waals surface area contributed by atoms with Gasteiger partial charge in [0.05, 0.1) is 12.7 Å². The first-order valence-electron chi connectivity index (χ1n) is 5.58. The van der Waals surface area contributed by atoms with Gasteiger partial charge in [-0.25, -0.2) is 0 Å². The molecular weight excluding hydrogens is 200 g/mol. The zero-order valence-corrected chi connectivity index (χ0v) is 9.86. The van der Waals surface area contributed by atoms with Gasteiger partial charge in [-0.3, -0.25) is 0 Å². The number of rotatable bonds is 5. The maximum atomic E-state index is 9.86. The second-order valence-corrected chi connectivity index (χ2v) is 3.48. The van der Waals surface area contributed by atoms with Crippen LogP contribution in [0.5, 0.6) is 5.75 Å². The van der Waals surface area contributed by atoms with Gasteiger partial charge in [0, 0.05) is 6.42 Å². The molecule has 16 heavy (non-hydrogen) atoms. The van der Waals surface area contributed by atoms with Crippen LogP contribution >= 0.6 is 0 Å². The highest BCUT2D eigenvalue weighted by Crippen LogP contribution is 2.21. The summed E-state index contributed by atoms with van der Waals surface area (Å²) in [5.74, 6) is 6.60. The predicted molar refractivity (Wildman–Crippen MR) is 65.3 cm³/mol. The summed E-state index contributed by atoms with van der Waals surface area (Å²) in [5.41, 5.74) is 0.918. The molecule has 0 saturated heterocycles. The Morgan fingerprint density at radius 1 is 1.31 bits per heavy atom. The number of aliphatic hydroxyl groups excluding tert-OH is 1. The first-order valence-corrected chi connectivity index (χ1v) is 5.58. The summed E-state index contributed by atoms with van der Waals surface area (Å²) >= 11 is 0. The Hall–Kier alpha value is -1.46. The molecule has 1 aromatic rings. The highest BCUT2D eigenvalue weighted by molar-refractivity contribution is 5.28. The molecule has 2 heteroatoms. The smallest absolute Gasteiger partial charge is 0.119 e. The van der Waals surface area contributed by atoms with E-state index in [0.717, 1.165) is 17.7 Å². The van der Waals surface area contributed by atoms with E-state index in [0.29, 0.717) is 13.0 Å². The number of hydrogen-bond acceptors (Lipinski definition) is 2. The van der Waals surface area contributed by atoms with Gasteiger partial charge in [0.2, 0.25) is 0 Å². The molecule has 0 spiro atoms. The van der Waals surface area contributed by atoms with Crippen LogP contribution < -0.4 is 4.74 Å². The van der Waals surface area contributed by atoms with E-state index in [2.05, 4.69) is 11.8 Å². The SMILES string of the molecule is CC#CCCC(O)c1ccc(OCC)cc1. The van der Waals surface area contributed by atoms with Crippen molar-refractivity contribution in [1.82, 2.24) is 0 Å². The zero-order chi connectivity index (χ0) is 11.8. The van der Waals surface area contributed by atoms with Gasteiger partial charge in [-0.15, -0.1) is 11.8 Å². The standard InChI is InChI=1S/C14H18O2/c1-3-5-6-7-14(15)12-8-10-13(11-9-12)16-4-2/h8-11,14-15H,4,6-7H2,1-2H3. The van der Waals surface area contributed by atoms with E-state index >= 15 is 0 Å². The number of hydrogen-bond donors (Lipinski definition) is 1. The largest absolute Gasteiger partial charge is 0.494 e. The summed E-state index contributed by atoms with van der Waals surface area (Å²) in [7, 11) is 0. The summed E-state index contributed by atoms with van der Waals surface area (Å²) in [4.78, 5) is 0. The molecule has 0 heterocycles. The van der Waals surface area contributed by atoms with Crippen LogP contribution in [-0.4, -0.2) is 11.7 Å². The fourth-order valence-corrected chi connectivity index (χ4v) is 1.45. The van der Waals surface area contributed by atoms with E-state index < -0.39 is 6.10 Å². The van der Waals surface area contributed by atoms with Crippen molar-refractivity contribution >= 4 is 0 Å². The van der Waals surface area contributed by atoms with E-state index in [4.69, 9.17) is 4.74 Å². The van der Waals surface area contributed by atoms with E-state index in [-0.39, 0.29) is 0 Å². The third-order valence-electron chi connectivity index (χ3n) is 2.30. The summed E-state index contributed by atoms with van der Waals surface area (Å²) in [6.45, 7) is 4.42. The maximum absolute atomic E-state index is 9.86. The molecule has 1 aromatic carbocycles. The Balaban J connectivity index is 2.54. The highest BCUT2D eigenvalue weighted by atomic mass is 16.5. The molecule has 0 aliphatic carbocycles. The van der Waals surface area contributed by atoms with Crippen LogP contribution in [0.2, 0.25) is 0 Å². The summed E-state index contributed by atoms with van der Waals surface area (Å²) in [5, 5.41) is 9.86. The van der Waals surface area contributed by atoms with E-state index in [1.54, 1.807) is 0 Å². The fourth-order valence-electron chi connectivity index (χ4n) is 1.45. The molecule has 0 aromatic heterocycles. The Bertz CT molecular complexity index is 357. The van der Waals surface area contributed by atoms with Crippen molar-refractivity contribution in [2.24, 2.45) is 0 Å². The highest BCUT2D eigenvalue weighted by Gasteiger charge is 2.06. The van der Waals surface area contributed by atoms with Gasteiger partial charge in [0.25, 0.3) is 0 Å². The Morgan fingerprint density at radius 2 is 2.00 bits per heavy atom. The molecule has 0 radical (unpaired) electrons. The second kappa shape index (κ2) is 6.92. The first kappa shape index (κ1) is 12.6. The summed E-state index contributed by atoms with van der Waals surface area (Å²) < 4.78 is 5.34. The van der Waals surface area contributed by atoms with Crippen LogP contribution in [0.3, 0.4) is 0 Å². The van der Waals surface area contributed by atoms with Crippen molar-refractivity contribution in [3.63, 3.8) is 0 Å². The molecular formula is C14H18O2. The lowest BCUT2D eigenvalue weighted by atomic mass is 10.1. The van der Waals surface area contributed by atoms with Crippen molar-refractivity contribution < 1.29 is 9.84 Å². The number of benzene rings is 1. The lowest BCUT2D eigenvalue weighted by molar-refractivity contribution is 0.169. The van der Waals surface area contributed by atoms with Crippen LogP contribution in [0.1, 0.15) is 38.4 Å². The van der Waals surface area contributed by atoms with Crippen molar-refractivity contribution in [1.29, 1.82) is 0 Å².